The Bertz CT molecular complexity index is 370. The second-order valence-electron chi connectivity index (χ2n) is 4.18. The minimum Gasteiger partial charge on any atom is -0.495 e. The van der Waals surface area contributed by atoms with Crippen molar-refractivity contribution in [3.05, 3.63) is 24.0 Å². The summed E-state index contributed by atoms with van der Waals surface area (Å²) in [6.45, 7) is 3.13. The fraction of sp³-hybridized carbons (Fsp3) is 0.615. The number of hydrogen-bond donors (Lipinski definition) is 1. The quantitative estimate of drug-likeness (QED) is 0.899. The topological polar surface area (TPSA) is 34.2 Å². The molecule has 0 aliphatic carbocycles. The number of rotatable bonds is 5. The number of nitrogens with one attached hydrogen (secondary N) is 1. The van der Waals surface area contributed by atoms with Crippen molar-refractivity contribution in [2.45, 2.75) is 18.2 Å². The highest BCUT2D eigenvalue weighted by Gasteiger charge is 2.25. The monoisotopic (exact) mass is 284 g/mol. The first-order chi connectivity index (χ1) is 8.85. The molecule has 0 bridgehead atoms. The highest BCUT2D eigenvalue weighted by Crippen LogP contribution is 2.34. The van der Waals surface area contributed by atoms with E-state index in [0.717, 1.165) is 12.3 Å². The van der Waals surface area contributed by atoms with Crippen LogP contribution in [0.1, 0.15) is 18.5 Å². The maximum Gasteiger partial charge on any atom is 0.137 e. The summed E-state index contributed by atoms with van der Waals surface area (Å²) in [5.74, 6) is 4.56. The van der Waals surface area contributed by atoms with Gasteiger partial charge in [0.2, 0.25) is 0 Å². The zero-order valence-corrected chi connectivity index (χ0v) is 12.5. The van der Waals surface area contributed by atoms with Gasteiger partial charge in [0.05, 0.1) is 13.3 Å². The van der Waals surface area contributed by atoms with Crippen LogP contribution < -0.4 is 10.1 Å². The maximum atomic E-state index is 5.27. The van der Waals surface area contributed by atoms with Crippen LogP contribution in [-0.2, 0) is 0 Å². The van der Waals surface area contributed by atoms with Gasteiger partial charge in [0, 0.05) is 34.7 Å². The largest absolute Gasteiger partial charge is 0.495 e. The van der Waals surface area contributed by atoms with E-state index in [0.29, 0.717) is 11.3 Å². The summed E-state index contributed by atoms with van der Waals surface area (Å²) in [6, 6.07) is 2.47. The zero-order chi connectivity index (χ0) is 12.8. The van der Waals surface area contributed by atoms with Gasteiger partial charge in [0.15, 0.2) is 0 Å². The molecule has 0 spiro atoms. The molecule has 2 atom stereocenters. The summed E-state index contributed by atoms with van der Waals surface area (Å²) < 4.78 is 5.27. The fourth-order valence-electron chi connectivity index (χ4n) is 2.10. The normalized spacial score (nSPS) is 21.6. The average Bonchev–Trinajstić information content (AvgIpc) is 2.46. The Morgan fingerprint density at radius 2 is 2.39 bits per heavy atom. The van der Waals surface area contributed by atoms with Gasteiger partial charge in [-0.15, -0.1) is 0 Å². The second-order valence-corrected chi connectivity index (χ2v) is 6.67. The molecule has 0 aromatic carbocycles. The lowest BCUT2D eigenvalue weighted by molar-refractivity contribution is 0.410. The molecular formula is C13H20N2OS2. The third-order valence-electron chi connectivity index (χ3n) is 2.97. The van der Waals surface area contributed by atoms with Crippen molar-refractivity contribution < 1.29 is 4.74 Å². The molecule has 1 aliphatic heterocycles. The van der Waals surface area contributed by atoms with Gasteiger partial charge >= 0.3 is 0 Å². The Hall–Kier alpha value is -0.390. The number of nitrogens with zero attached hydrogens (tertiary/aromatic N) is 1. The minimum atomic E-state index is 0.371. The molecule has 2 unspecified atom stereocenters. The highest BCUT2D eigenvalue weighted by molar-refractivity contribution is 8.06. The van der Waals surface area contributed by atoms with E-state index < -0.39 is 0 Å². The third-order valence-corrected chi connectivity index (χ3v) is 5.83. The molecule has 5 heteroatoms. The van der Waals surface area contributed by atoms with Gasteiger partial charge in [-0.1, -0.05) is 6.92 Å². The number of ether oxygens (including phenoxy) is 1. The maximum absolute atomic E-state index is 5.27. The molecule has 1 fully saturated rings. The summed E-state index contributed by atoms with van der Waals surface area (Å²) in [5, 5.41) is 4.21. The van der Waals surface area contributed by atoms with Gasteiger partial charge in [-0.25, -0.2) is 0 Å². The fourth-order valence-corrected chi connectivity index (χ4v) is 4.97. The van der Waals surface area contributed by atoms with Crippen LogP contribution in [0.4, 0.5) is 0 Å². The smallest absolute Gasteiger partial charge is 0.137 e. The van der Waals surface area contributed by atoms with Crippen molar-refractivity contribution >= 4 is 23.5 Å². The molecule has 0 amide bonds. The van der Waals surface area contributed by atoms with Crippen molar-refractivity contribution in [2.75, 3.05) is 30.9 Å². The molecule has 1 aliphatic rings. The summed E-state index contributed by atoms with van der Waals surface area (Å²) in [4.78, 5) is 4.27. The van der Waals surface area contributed by atoms with Gasteiger partial charge in [0.1, 0.15) is 5.75 Å². The van der Waals surface area contributed by atoms with Crippen molar-refractivity contribution in [2.24, 2.45) is 0 Å². The molecule has 1 aromatic heterocycles. The Morgan fingerprint density at radius 3 is 3.06 bits per heavy atom. The summed E-state index contributed by atoms with van der Waals surface area (Å²) in [5.41, 5.74) is 1.23. The van der Waals surface area contributed by atoms with Crippen LogP contribution in [0.5, 0.6) is 5.75 Å². The number of methoxy groups -OCH3 is 1. The third kappa shape index (κ3) is 3.56. The predicted molar refractivity (Wildman–Crippen MR) is 80.8 cm³/mol. The van der Waals surface area contributed by atoms with Gasteiger partial charge in [-0.2, -0.15) is 23.5 Å². The van der Waals surface area contributed by atoms with Crippen molar-refractivity contribution in [1.29, 1.82) is 0 Å². The zero-order valence-electron chi connectivity index (χ0n) is 10.9. The van der Waals surface area contributed by atoms with Crippen molar-refractivity contribution in [1.82, 2.24) is 10.3 Å². The van der Waals surface area contributed by atoms with E-state index in [4.69, 9.17) is 4.74 Å². The Balaban J connectivity index is 2.16. The highest BCUT2D eigenvalue weighted by atomic mass is 32.2. The standard InChI is InChI=1S/C13H20N2OS2/c1-3-15-13(12-9-17-4-5-18-12)10-6-11(16-2)8-14-7-10/h6-8,12-13,15H,3-5,9H2,1-2H3. The molecule has 1 N–H and O–H groups in total. The lowest BCUT2D eigenvalue weighted by Crippen LogP contribution is -2.33. The first-order valence-electron chi connectivity index (χ1n) is 6.26. The van der Waals surface area contributed by atoms with Crippen LogP contribution >= 0.6 is 23.5 Å². The number of pyridine rings is 1. The molecule has 0 saturated carbocycles. The van der Waals surface area contributed by atoms with Gasteiger partial charge < -0.3 is 10.1 Å². The van der Waals surface area contributed by atoms with Crippen molar-refractivity contribution in [3.8, 4) is 5.75 Å². The summed E-state index contributed by atoms with van der Waals surface area (Å²) in [7, 11) is 1.69. The number of aromatic nitrogens is 1. The van der Waals surface area contributed by atoms with E-state index in [-0.39, 0.29) is 0 Å². The van der Waals surface area contributed by atoms with Crippen molar-refractivity contribution in [3.63, 3.8) is 0 Å². The minimum absolute atomic E-state index is 0.371. The van der Waals surface area contributed by atoms with Gasteiger partial charge in [0.25, 0.3) is 0 Å². The first-order valence-corrected chi connectivity index (χ1v) is 8.47. The molecular weight excluding hydrogens is 264 g/mol. The summed E-state index contributed by atoms with van der Waals surface area (Å²) >= 11 is 4.12. The van der Waals surface area contributed by atoms with Crippen LogP contribution in [-0.4, -0.2) is 41.1 Å². The Labute approximate surface area is 117 Å². The van der Waals surface area contributed by atoms with Crippen LogP contribution in [0.3, 0.4) is 0 Å². The molecule has 1 saturated heterocycles. The molecule has 2 rings (SSSR count). The van der Waals surface area contributed by atoms with E-state index in [2.05, 4.69) is 35.1 Å². The second kappa shape index (κ2) is 7.26. The van der Waals surface area contributed by atoms with Gasteiger partial charge in [-0.05, 0) is 18.2 Å². The molecule has 1 aromatic rings. The van der Waals surface area contributed by atoms with E-state index in [1.807, 2.05) is 18.0 Å². The Morgan fingerprint density at radius 1 is 1.50 bits per heavy atom. The first kappa shape index (κ1) is 14.0. The summed E-state index contributed by atoms with van der Waals surface area (Å²) in [6.07, 6.45) is 3.71. The van der Waals surface area contributed by atoms with E-state index >= 15 is 0 Å². The lowest BCUT2D eigenvalue weighted by Gasteiger charge is -2.30. The molecule has 100 valence electrons. The average molecular weight is 284 g/mol. The van der Waals surface area contributed by atoms with E-state index in [9.17, 15) is 0 Å². The predicted octanol–water partition coefficient (Wildman–Crippen LogP) is 2.59. The molecule has 0 radical (unpaired) electrons. The molecule has 18 heavy (non-hydrogen) atoms. The lowest BCUT2D eigenvalue weighted by atomic mass is 10.1. The van der Waals surface area contributed by atoms with Crippen LogP contribution in [0.2, 0.25) is 0 Å². The SMILES string of the molecule is CCNC(c1cncc(OC)c1)C1CSCCS1. The number of hydrogen-bond acceptors (Lipinski definition) is 5. The Kier molecular flexibility index (Phi) is 5.66. The molecule has 3 nitrogen and oxygen atoms in total. The van der Waals surface area contributed by atoms with E-state index in [1.54, 1.807) is 13.3 Å². The number of thioether (sulfide) groups is 2. The molecule has 2 heterocycles. The van der Waals surface area contributed by atoms with Crippen LogP contribution in [0.15, 0.2) is 18.5 Å². The van der Waals surface area contributed by atoms with Crippen LogP contribution in [0, 0.1) is 0 Å². The van der Waals surface area contributed by atoms with Crippen LogP contribution in [0.25, 0.3) is 0 Å². The van der Waals surface area contributed by atoms with E-state index in [1.165, 1.54) is 22.8 Å². The van der Waals surface area contributed by atoms with Gasteiger partial charge in [-0.3, -0.25) is 4.98 Å².